The number of anilines is 2. The minimum Gasteiger partial charge on any atom is -0.312 e. The van der Waals surface area contributed by atoms with Crippen LogP contribution in [0.5, 0.6) is 0 Å². The molecule has 4 rings (SSSR count). The molecule has 0 bridgehead atoms. The van der Waals surface area contributed by atoms with Gasteiger partial charge in [0.25, 0.3) is 10.0 Å². The molecule has 0 atom stereocenters. The average Bonchev–Trinajstić information content (AvgIpc) is 2.85. The van der Waals surface area contributed by atoms with E-state index in [0.717, 1.165) is 51.9 Å². The fourth-order valence-electron chi connectivity index (χ4n) is 4.84. The highest BCUT2D eigenvalue weighted by molar-refractivity contribution is 7.92. The van der Waals surface area contributed by atoms with Crippen LogP contribution < -0.4 is 9.62 Å². The van der Waals surface area contributed by atoms with E-state index in [-0.39, 0.29) is 5.91 Å². The summed E-state index contributed by atoms with van der Waals surface area (Å²) in [6, 6.07) is 16.8. The molecule has 0 saturated heterocycles. The Kier molecular flexibility index (Phi) is 7.18. The molecular weight excluding hydrogens is 470 g/mol. The van der Waals surface area contributed by atoms with E-state index in [2.05, 4.69) is 10.8 Å². The van der Waals surface area contributed by atoms with Gasteiger partial charge in [-0.25, -0.2) is 8.42 Å². The number of carbonyl (C=O) groups excluding carboxylic acids is 1. The van der Waals surface area contributed by atoms with Crippen molar-refractivity contribution < 1.29 is 13.2 Å². The molecule has 1 amide bonds. The molecule has 1 N–H and O–H groups in total. The normalized spacial score (nSPS) is 13.1. The number of sulfonamides is 1. The van der Waals surface area contributed by atoms with Gasteiger partial charge in [0.2, 0.25) is 5.91 Å². The van der Waals surface area contributed by atoms with Crippen molar-refractivity contribution in [3.8, 4) is 6.07 Å². The third-order valence-electron chi connectivity index (χ3n) is 7.03. The second-order valence-corrected chi connectivity index (χ2v) is 11.1. The predicted octanol–water partition coefficient (Wildman–Crippen LogP) is 5.50. The smallest absolute Gasteiger partial charge is 0.262 e. The first-order valence-corrected chi connectivity index (χ1v) is 13.6. The molecule has 3 aromatic carbocycles. The van der Waals surface area contributed by atoms with E-state index in [9.17, 15) is 13.2 Å². The van der Waals surface area contributed by atoms with Crippen molar-refractivity contribution in [2.75, 3.05) is 16.2 Å². The van der Waals surface area contributed by atoms with Crippen molar-refractivity contribution in [1.82, 2.24) is 0 Å². The number of benzene rings is 3. The molecule has 0 saturated carbocycles. The summed E-state index contributed by atoms with van der Waals surface area (Å²) in [7, 11) is -3.77. The standard InChI is InChI=1S/C29H31N3O3S/c1-19-16-20(2)22(4)29(21(19)3)36(34,35)31-26-12-13-27-25(17-26)6-5-15-32(27)28(33)14-11-23-7-9-24(18-30)10-8-23/h7-10,12-13,16-17,31H,5-6,11,14-15H2,1-4H3. The summed E-state index contributed by atoms with van der Waals surface area (Å²) in [5.41, 5.74) is 7.31. The van der Waals surface area contributed by atoms with Crippen LogP contribution in [0.4, 0.5) is 11.4 Å². The lowest BCUT2D eigenvalue weighted by atomic mass is 10.00. The summed E-state index contributed by atoms with van der Waals surface area (Å²) in [6.07, 6.45) is 2.57. The van der Waals surface area contributed by atoms with Crippen LogP contribution in [0, 0.1) is 39.0 Å². The first-order valence-electron chi connectivity index (χ1n) is 12.1. The van der Waals surface area contributed by atoms with Gasteiger partial charge in [-0.3, -0.25) is 9.52 Å². The highest BCUT2D eigenvalue weighted by Gasteiger charge is 2.25. The van der Waals surface area contributed by atoms with E-state index in [1.807, 2.05) is 58.0 Å². The highest BCUT2D eigenvalue weighted by Crippen LogP contribution is 2.33. The number of nitrogens with one attached hydrogen (secondary N) is 1. The summed E-state index contributed by atoms with van der Waals surface area (Å²) in [6.45, 7) is 8.17. The van der Waals surface area contributed by atoms with Crippen LogP contribution in [-0.2, 0) is 27.7 Å². The number of fused-ring (bicyclic) bond motifs is 1. The molecule has 0 fully saturated rings. The first kappa shape index (κ1) is 25.5. The summed E-state index contributed by atoms with van der Waals surface area (Å²) in [5.74, 6) is 0.0372. The Morgan fingerprint density at radius 1 is 1.00 bits per heavy atom. The fourth-order valence-corrected chi connectivity index (χ4v) is 6.51. The molecule has 1 heterocycles. The molecule has 1 aliphatic rings. The Balaban J connectivity index is 1.52. The van der Waals surface area contributed by atoms with E-state index in [1.165, 1.54) is 0 Å². The third kappa shape index (κ3) is 5.14. The number of aryl methyl sites for hydroxylation is 4. The minimum absolute atomic E-state index is 0.0372. The van der Waals surface area contributed by atoms with Gasteiger partial charge in [-0.1, -0.05) is 18.2 Å². The zero-order valence-corrected chi connectivity index (χ0v) is 22.0. The van der Waals surface area contributed by atoms with Gasteiger partial charge in [0.1, 0.15) is 0 Å². The number of rotatable bonds is 6. The van der Waals surface area contributed by atoms with Crippen LogP contribution in [-0.4, -0.2) is 20.9 Å². The summed E-state index contributed by atoms with van der Waals surface area (Å²) in [4.78, 5) is 15.2. The fraction of sp³-hybridized carbons (Fsp3) is 0.310. The van der Waals surface area contributed by atoms with Crippen molar-refractivity contribution in [1.29, 1.82) is 5.26 Å². The van der Waals surface area contributed by atoms with Crippen LogP contribution in [0.3, 0.4) is 0 Å². The van der Waals surface area contributed by atoms with Gasteiger partial charge >= 0.3 is 0 Å². The SMILES string of the molecule is Cc1cc(C)c(C)c(S(=O)(=O)Nc2ccc3c(c2)CCCN3C(=O)CCc2ccc(C#N)cc2)c1C. The second kappa shape index (κ2) is 10.2. The van der Waals surface area contributed by atoms with Gasteiger partial charge in [0, 0.05) is 24.3 Å². The maximum absolute atomic E-state index is 13.4. The Labute approximate surface area is 213 Å². The largest absolute Gasteiger partial charge is 0.312 e. The van der Waals surface area contributed by atoms with Gasteiger partial charge < -0.3 is 4.90 Å². The summed E-state index contributed by atoms with van der Waals surface area (Å²) >= 11 is 0. The average molecular weight is 502 g/mol. The van der Waals surface area contributed by atoms with Gasteiger partial charge in [0.15, 0.2) is 0 Å². The molecular formula is C29H31N3O3S. The molecule has 0 aromatic heterocycles. The lowest BCUT2D eigenvalue weighted by Crippen LogP contribution is -2.35. The van der Waals surface area contributed by atoms with Crippen molar-refractivity contribution in [3.63, 3.8) is 0 Å². The summed E-state index contributed by atoms with van der Waals surface area (Å²) in [5, 5.41) is 8.95. The maximum Gasteiger partial charge on any atom is 0.262 e. The van der Waals surface area contributed by atoms with Gasteiger partial charge in [-0.2, -0.15) is 5.26 Å². The second-order valence-electron chi connectivity index (χ2n) is 9.50. The number of amides is 1. The molecule has 7 heteroatoms. The molecule has 0 spiro atoms. The van der Waals surface area contributed by atoms with Gasteiger partial charge in [0.05, 0.1) is 16.5 Å². The molecule has 0 aliphatic carbocycles. The van der Waals surface area contributed by atoms with E-state index in [1.54, 1.807) is 23.1 Å². The number of carbonyl (C=O) groups is 1. The first-order chi connectivity index (χ1) is 17.1. The van der Waals surface area contributed by atoms with Crippen molar-refractivity contribution in [3.05, 3.63) is 87.5 Å². The molecule has 36 heavy (non-hydrogen) atoms. The van der Waals surface area contributed by atoms with Crippen LogP contribution in [0.25, 0.3) is 0 Å². The van der Waals surface area contributed by atoms with Crippen LogP contribution >= 0.6 is 0 Å². The quantitative estimate of drug-likeness (QED) is 0.483. The molecule has 0 unspecified atom stereocenters. The Bertz CT molecular complexity index is 1440. The van der Waals surface area contributed by atoms with Crippen molar-refractivity contribution in [2.45, 2.75) is 58.3 Å². The van der Waals surface area contributed by atoms with Crippen LogP contribution in [0.2, 0.25) is 0 Å². The molecule has 6 nitrogen and oxygen atoms in total. The lowest BCUT2D eigenvalue weighted by molar-refractivity contribution is -0.118. The van der Waals surface area contributed by atoms with Crippen LogP contribution in [0.1, 0.15) is 51.8 Å². The van der Waals surface area contributed by atoms with E-state index in [4.69, 9.17) is 5.26 Å². The zero-order valence-electron chi connectivity index (χ0n) is 21.2. The van der Waals surface area contributed by atoms with Gasteiger partial charge in [-0.05, 0) is 111 Å². The third-order valence-corrected chi connectivity index (χ3v) is 8.68. The minimum atomic E-state index is -3.77. The highest BCUT2D eigenvalue weighted by atomic mass is 32.2. The van der Waals surface area contributed by atoms with E-state index < -0.39 is 10.0 Å². The monoisotopic (exact) mass is 501 g/mol. The maximum atomic E-state index is 13.4. The number of nitrogens with zero attached hydrogens (tertiary/aromatic N) is 2. The molecule has 0 radical (unpaired) electrons. The molecule has 3 aromatic rings. The zero-order chi connectivity index (χ0) is 26.0. The molecule has 186 valence electrons. The number of hydrogen-bond acceptors (Lipinski definition) is 4. The van der Waals surface area contributed by atoms with Crippen molar-refractivity contribution >= 4 is 27.3 Å². The Morgan fingerprint density at radius 3 is 2.31 bits per heavy atom. The Hall–Kier alpha value is -3.63. The lowest BCUT2D eigenvalue weighted by Gasteiger charge is -2.30. The van der Waals surface area contributed by atoms with Crippen molar-refractivity contribution in [2.24, 2.45) is 0 Å². The predicted molar refractivity (Wildman–Crippen MR) is 143 cm³/mol. The topological polar surface area (TPSA) is 90.3 Å². The number of nitriles is 1. The van der Waals surface area contributed by atoms with Crippen LogP contribution in [0.15, 0.2) is 53.4 Å². The van der Waals surface area contributed by atoms with E-state index in [0.29, 0.717) is 35.5 Å². The Morgan fingerprint density at radius 2 is 1.67 bits per heavy atom. The molecule has 1 aliphatic heterocycles. The number of hydrogen-bond donors (Lipinski definition) is 1. The van der Waals surface area contributed by atoms with Gasteiger partial charge in [-0.15, -0.1) is 0 Å². The summed E-state index contributed by atoms with van der Waals surface area (Å²) < 4.78 is 29.5. The van der Waals surface area contributed by atoms with E-state index >= 15 is 0 Å².